The first-order valence-electron chi connectivity index (χ1n) is 6.11. The first kappa shape index (κ1) is 13.7. The zero-order chi connectivity index (χ0) is 15.3. The molecule has 4 rings (SSSR count). The number of rotatable bonds is 2. The number of benzene rings is 1. The van der Waals surface area contributed by atoms with Crippen LogP contribution in [0.25, 0.3) is 5.65 Å². The Kier molecular flexibility index (Phi) is 3.00. The topological polar surface area (TPSA) is 69.9 Å². The maximum Gasteiger partial charge on any atom is 0.504 e. The Balaban J connectivity index is 1.86. The molecule has 9 heteroatoms. The molecule has 0 fully saturated rings. The average Bonchev–Trinajstić information content (AvgIpc) is 2.79. The van der Waals surface area contributed by atoms with Crippen LogP contribution in [0.5, 0.6) is 11.8 Å². The van der Waals surface area contributed by atoms with Crippen molar-refractivity contribution >= 4 is 39.4 Å². The van der Waals surface area contributed by atoms with Crippen LogP contribution in [0, 0.1) is 0 Å². The molecule has 1 aliphatic heterocycles. The van der Waals surface area contributed by atoms with E-state index >= 15 is 0 Å². The maximum atomic E-state index is 11.7. The second-order valence-electron chi connectivity index (χ2n) is 4.41. The van der Waals surface area contributed by atoms with Crippen molar-refractivity contribution < 1.29 is 16.8 Å². The van der Waals surface area contributed by atoms with E-state index in [9.17, 15) is 8.42 Å². The number of imidazole rings is 1. The molecular weight excluding hydrogens is 348 g/mol. The van der Waals surface area contributed by atoms with Gasteiger partial charge < -0.3 is 8.37 Å². The van der Waals surface area contributed by atoms with Crippen LogP contribution in [0.3, 0.4) is 0 Å². The smallest absolute Gasteiger partial charge is 0.333 e. The molecular formula is C13H7ClN2O4S2. The minimum Gasteiger partial charge on any atom is -0.333 e. The molecule has 6 nitrogen and oxygen atoms in total. The highest BCUT2D eigenvalue weighted by atomic mass is 35.5. The van der Waals surface area contributed by atoms with Crippen molar-refractivity contribution in [3.63, 3.8) is 0 Å². The summed E-state index contributed by atoms with van der Waals surface area (Å²) in [7, 11) is -4.13. The van der Waals surface area contributed by atoms with E-state index in [2.05, 4.69) is 4.98 Å². The largest absolute Gasteiger partial charge is 0.504 e. The molecule has 3 aromatic rings. The summed E-state index contributed by atoms with van der Waals surface area (Å²) in [4.78, 5) is 5.25. The summed E-state index contributed by atoms with van der Waals surface area (Å²) in [5.41, 5.74) is 0.541. The number of nitrogens with zero attached hydrogens (tertiary/aromatic N) is 2. The van der Waals surface area contributed by atoms with Gasteiger partial charge in [0.05, 0.1) is 0 Å². The van der Waals surface area contributed by atoms with E-state index in [-0.39, 0.29) is 11.8 Å². The molecule has 2 aromatic heterocycles. The van der Waals surface area contributed by atoms with Crippen LogP contribution in [-0.4, -0.2) is 17.8 Å². The first-order chi connectivity index (χ1) is 10.5. The van der Waals surface area contributed by atoms with E-state index in [0.29, 0.717) is 15.7 Å². The summed E-state index contributed by atoms with van der Waals surface area (Å²) >= 11 is 7.14. The summed E-state index contributed by atoms with van der Waals surface area (Å²) in [6.07, 6.45) is 0. The Bertz CT molecular complexity index is 983. The molecule has 0 N–H and O–H groups in total. The normalized spacial score (nSPS) is 15.3. The van der Waals surface area contributed by atoms with Crippen molar-refractivity contribution in [1.29, 1.82) is 0 Å². The van der Waals surface area contributed by atoms with Gasteiger partial charge in [-0.1, -0.05) is 29.4 Å². The molecule has 0 spiro atoms. The molecule has 3 heterocycles. The molecule has 0 radical (unpaired) electrons. The first-order valence-corrected chi connectivity index (χ1v) is 8.63. The van der Waals surface area contributed by atoms with Crippen molar-refractivity contribution in [2.45, 2.75) is 9.92 Å². The molecule has 0 saturated carbocycles. The summed E-state index contributed by atoms with van der Waals surface area (Å²) in [5.74, 6) is 0.269. The number of halogens is 1. The Morgan fingerprint density at radius 1 is 1.09 bits per heavy atom. The Hall–Kier alpha value is -1.90. The fourth-order valence-electron chi connectivity index (χ4n) is 2.05. The Morgan fingerprint density at radius 3 is 2.64 bits per heavy atom. The summed E-state index contributed by atoms with van der Waals surface area (Å²) in [6.45, 7) is 0. The summed E-state index contributed by atoms with van der Waals surface area (Å²) in [6, 6.07) is 12.1. The van der Waals surface area contributed by atoms with Gasteiger partial charge >= 0.3 is 10.4 Å². The zero-order valence-corrected chi connectivity index (χ0v) is 13.2. The van der Waals surface area contributed by atoms with E-state index in [1.54, 1.807) is 24.3 Å². The minimum atomic E-state index is -4.13. The molecule has 1 aromatic carbocycles. The lowest BCUT2D eigenvalue weighted by Gasteiger charge is -2.15. The van der Waals surface area contributed by atoms with E-state index in [1.165, 1.54) is 22.2 Å². The third-order valence-electron chi connectivity index (χ3n) is 2.93. The number of hydrogen-bond donors (Lipinski definition) is 0. The lowest BCUT2D eigenvalue weighted by Crippen LogP contribution is -2.23. The van der Waals surface area contributed by atoms with Gasteiger partial charge in [0.2, 0.25) is 5.88 Å². The zero-order valence-electron chi connectivity index (χ0n) is 10.8. The predicted molar refractivity (Wildman–Crippen MR) is 80.9 cm³/mol. The molecule has 0 amide bonds. The quantitative estimate of drug-likeness (QED) is 0.704. The molecule has 0 saturated heterocycles. The van der Waals surface area contributed by atoms with E-state index in [4.69, 9.17) is 20.0 Å². The standard InChI is InChI=1S/C13H7ClN2O4S2/c14-8-4-6-9(7-5-8)21-12-13-16-10(15-12)2-1-3-11(16)19-22(17,18)20-13/h1-7H. The molecule has 1 aliphatic rings. The van der Waals surface area contributed by atoms with Gasteiger partial charge in [-0.05, 0) is 30.3 Å². The molecule has 0 atom stereocenters. The number of aromatic nitrogens is 2. The molecule has 0 bridgehead atoms. The lowest BCUT2D eigenvalue weighted by molar-refractivity contribution is 0.348. The van der Waals surface area contributed by atoms with Gasteiger partial charge in [-0.25, -0.2) is 9.38 Å². The predicted octanol–water partition coefficient (Wildman–Crippen LogP) is 3.15. The van der Waals surface area contributed by atoms with Gasteiger partial charge in [0, 0.05) is 16.0 Å². The second kappa shape index (κ2) is 4.80. The summed E-state index contributed by atoms with van der Waals surface area (Å²) < 4.78 is 34.7. The Labute approximate surface area is 135 Å². The van der Waals surface area contributed by atoms with Crippen LogP contribution in [0.1, 0.15) is 0 Å². The summed E-state index contributed by atoms with van der Waals surface area (Å²) in [5, 5.41) is 1.05. The van der Waals surface area contributed by atoms with Crippen molar-refractivity contribution in [2.75, 3.05) is 0 Å². The van der Waals surface area contributed by atoms with Gasteiger partial charge in [0.1, 0.15) is 5.65 Å². The average molecular weight is 355 g/mol. The van der Waals surface area contributed by atoms with Gasteiger partial charge in [-0.3, -0.25) is 0 Å². The van der Waals surface area contributed by atoms with Crippen LogP contribution in [0.4, 0.5) is 0 Å². The van der Waals surface area contributed by atoms with Crippen LogP contribution in [0.2, 0.25) is 5.02 Å². The third kappa shape index (κ3) is 2.29. The number of pyridine rings is 1. The molecule has 22 heavy (non-hydrogen) atoms. The van der Waals surface area contributed by atoms with Gasteiger partial charge in [-0.2, -0.15) is 0 Å². The van der Waals surface area contributed by atoms with Crippen LogP contribution in [0.15, 0.2) is 52.4 Å². The van der Waals surface area contributed by atoms with E-state index in [1.807, 2.05) is 12.1 Å². The molecule has 112 valence electrons. The highest BCUT2D eigenvalue weighted by Gasteiger charge is 2.30. The monoisotopic (exact) mass is 354 g/mol. The highest BCUT2D eigenvalue weighted by molar-refractivity contribution is 7.99. The van der Waals surface area contributed by atoms with E-state index < -0.39 is 10.4 Å². The highest BCUT2D eigenvalue weighted by Crippen LogP contribution is 2.40. The molecule has 0 unspecified atom stereocenters. The Morgan fingerprint density at radius 2 is 1.86 bits per heavy atom. The molecule has 0 aliphatic carbocycles. The minimum absolute atomic E-state index is 0.122. The van der Waals surface area contributed by atoms with Gasteiger partial charge in [-0.15, -0.1) is 8.42 Å². The third-order valence-corrected chi connectivity index (χ3v) is 4.89. The SMILES string of the molecule is O=S1(=O)Oc2cccc3nc(Sc4ccc(Cl)cc4)c(n23)O1. The van der Waals surface area contributed by atoms with Crippen molar-refractivity contribution in [3.05, 3.63) is 47.5 Å². The van der Waals surface area contributed by atoms with Crippen LogP contribution in [-0.2, 0) is 10.4 Å². The van der Waals surface area contributed by atoms with Crippen LogP contribution < -0.4 is 8.37 Å². The van der Waals surface area contributed by atoms with Gasteiger partial charge in [0.25, 0.3) is 5.88 Å². The fourth-order valence-corrected chi connectivity index (χ4v) is 3.81. The van der Waals surface area contributed by atoms with E-state index in [0.717, 1.165) is 4.90 Å². The lowest BCUT2D eigenvalue weighted by atomic mass is 10.4. The number of hydrogen-bond acceptors (Lipinski definition) is 6. The van der Waals surface area contributed by atoms with Crippen LogP contribution >= 0.6 is 23.4 Å². The fraction of sp³-hybridized carbons (Fsp3) is 0. The van der Waals surface area contributed by atoms with Gasteiger partial charge in [0.15, 0.2) is 5.03 Å². The van der Waals surface area contributed by atoms with Crippen molar-refractivity contribution in [2.24, 2.45) is 0 Å². The second-order valence-corrected chi connectivity index (χ2v) is 7.06. The maximum absolute atomic E-state index is 11.7. The van der Waals surface area contributed by atoms with Crippen molar-refractivity contribution in [1.82, 2.24) is 9.38 Å². The van der Waals surface area contributed by atoms with Crippen molar-refractivity contribution in [3.8, 4) is 11.8 Å².